The van der Waals surface area contributed by atoms with Gasteiger partial charge < -0.3 is 49.4 Å². The van der Waals surface area contributed by atoms with Crippen molar-refractivity contribution in [3.63, 3.8) is 0 Å². The molecule has 1 saturated heterocycles. The Morgan fingerprint density at radius 3 is 1.99 bits per heavy atom. The van der Waals surface area contributed by atoms with Crippen LogP contribution in [0.4, 0.5) is 0 Å². The van der Waals surface area contributed by atoms with Crippen molar-refractivity contribution in [3.8, 4) is 0 Å². The van der Waals surface area contributed by atoms with Crippen molar-refractivity contribution in [1.82, 2.24) is 30.2 Å². The lowest BCUT2D eigenvalue weighted by atomic mass is 9.89. The van der Waals surface area contributed by atoms with Gasteiger partial charge in [-0.25, -0.2) is 0 Å². The molecule has 68 heavy (non-hydrogen) atoms. The van der Waals surface area contributed by atoms with Crippen LogP contribution in [0.3, 0.4) is 0 Å². The molecule has 0 radical (unpaired) electrons. The van der Waals surface area contributed by atoms with Gasteiger partial charge in [0, 0.05) is 47.0 Å². The number of hydrogen-bond acceptors (Lipinski definition) is 12. The minimum atomic E-state index is -0.965. The second-order valence-electron chi connectivity index (χ2n) is 18.8. The summed E-state index contributed by atoms with van der Waals surface area (Å²) in [5, 5.41) is 16.8. The third kappa shape index (κ3) is 15.6. The number of carbonyl (C=O) groups excluding carboxylic acids is 7. The zero-order valence-electron chi connectivity index (χ0n) is 42.5. The summed E-state index contributed by atoms with van der Waals surface area (Å²) >= 11 is 0. The van der Waals surface area contributed by atoms with E-state index in [-0.39, 0.29) is 99.0 Å². The molecule has 0 spiro atoms. The summed E-state index contributed by atoms with van der Waals surface area (Å²) in [4.78, 5) is 99.0. The van der Waals surface area contributed by atoms with Crippen LogP contribution in [0.2, 0.25) is 0 Å². The maximum atomic E-state index is 14.6. The number of nitrogens with one attached hydrogen (secondary N) is 2. The molecule has 2 aliphatic rings. The molecule has 1 unspecified atom stereocenters. The smallest absolute Gasteiger partial charge is 0.253 e. The maximum absolute atomic E-state index is 14.6. The highest BCUT2D eigenvalue weighted by Crippen LogP contribution is 2.30. The van der Waals surface area contributed by atoms with Crippen LogP contribution in [0.25, 0.3) is 0 Å². The van der Waals surface area contributed by atoms with Gasteiger partial charge in [-0.3, -0.25) is 38.5 Å². The number of benzene rings is 1. The number of ether oxygens (including phenoxy) is 4. The molecule has 2 aliphatic heterocycles. The molecular weight excluding hydrogens is 877 g/mol. The Hall–Kier alpha value is -4.75. The van der Waals surface area contributed by atoms with E-state index in [2.05, 4.69) is 10.6 Å². The standard InChI is InChI=1S/C50H80N6O12/c1-13-33(6)45(38(65-11)30-42(60)55-24-17-20-37(55)47(66-12)34(7)48(62)51-35(8)46(61)36-18-15-14-16-19-36)54(10)50(64)43(31(2)3)52-49(63)44(32(4)5)53(9)39(57)23-26-67-28-29-68-27-25-56-40(58)21-22-41(56)59/h14-16,18-19,21-22,31-35,37-38,43-47,61H,13,17,20,23-30H2,1-12H3,(H,51,62)(H,52,63)/t33-,34+,35+,37-,38?,43-,44-,45-,46+,47+/m0/s1. The van der Waals surface area contributed by atoms with Crippen LogP contribution in [-0.4, -0.2) is 176 Å². The van der Waals surface area contributed by atoms with E-state index in [0.717, 1.165) is 4.90 Å². The predicted octanol–water partition coefficient (Wildman–Crippen LogP) is 3.12. The lowest BCUT2D eigenvalue weighted by Crippen LogP contribution is -2.60. The Kier molecular flexibility index (Phi) is 23.7. The molecule has 18 nitrogen and oxygen atoms in total. The summed E-state index contributed by atoms with van der Waals surface area (Å²) < 4.78 is 23.0. The van der Waals surface area contributed by atoms with Crippen molar-refractivity contribution in [2.24, 2.45) is 23.7 Å². The Morgan fingerprint density at radius 1 is 0.809 bits per heavy atom. The van der Waals surface area contributed by atoms with Crippen molar-refractivity contribution in [2.75, 3.05) is 67.8 Å². The number of imide groups is 1. The van der Waals surface area contributed by atoms with Crippen molar-refractivity contribution >= 4 is 41.4 Å². The quantitative estimate of drug-likeness (QED) is 0.0781. The average molecular weight is 957 g/mol. The average Bonchev–Trinajstić information content (AvgIpc) is 3.93. The summed E-state index contributed by atoms with van der Waals surface area (Å²) in [6, 6.07) is 5.71. The Bertz CT molecular complexity index is 1830. The van der Waals surface area contributed by atoms with Crippen LogP contribution in [0.15, 0.2) is 42.5 Å². The van der Waals surface area contributed by atoms with Gasteiger partial charge in [0.25, 0.3) is 11.8 Å². The highest BCUT2D eigenvalue weighted by Gasteiger charge is 2.43. The molecule has 1 aromatic rings. The zero-order chi connectivity index (χ0) is 50.8. The number of hydrogen-bond donors (Lipinski definition) is 3. The molecule has 1 aromatic carbocycles. The van der Waals surface area contributed by atoms with E-state index in [9.17, 15) is 38.7 Å². The zero-order valence-corrected chi connectivity index (χ0v) is 42.5. The molecule has 2 heterocycles. The first-order valence-electron chi connectivity index (χ1n) is 24.1. The monoisotopic (exact) mass is 957 g/mol. The van der Waals surface area contributed by atoms with Crippen molar-refractivity contribution < 1.29 is 57.6 Å². The van der Waals surface area contributed by atoms with Crippen molar-refractivity contribution in [3.05, 3.63) is 48.0 Å². The van der Waals surface area contributed by atoms with E-state index < -0.39 is 60.3 Å². The van der Waals surface area contributed by atoms with E-state index in [4.69, 9.17) is 18.9 Å². The minimum absolute atomic E-state index is 0.00340. The largest absolute Gasteiger partial charge is 0.386 e. The minimum Gasteiger partial charge on any atom is -0.386 e. The molecule has 1 fully saturated rings. The number of amides is 7. The highest BCUT2D eigenvalue weighted by molar-refractivity contribution is 6.12. The van der Waals surface area contributed by atoms with Gasteiger partial charge in [-0.05, 0) is 43.1 Å². The van der Waals surface area contributed by atoms with Crippen LogP contribution in [-0.2, 0) is 52.5 Å². The molecule has 7 amide bonds. The van der Waals surface area contributed by atoms with Crippen molar-refractivity contribution in [1.29, 1.82) is 0 Å². The number of carbonyl (C=O) groups is 7. The van der Waals surface area contributed by atoms with Gasteiger partial charge in [-0.1, -0.05) is 85.2 Å². The van der Waals surface area contributed by atoms with Crippen molar-refractivity contribution in [2.45, 2.75) is 136 Å². The molecular formula is C50H80N6O12. The fourth-order valence-electron chi connectivity index (χ4n) is 9.20. The first-order valence-corrected chi connectivity index (χ1v) is 24.1. The second-order valence-corrected chi connectivity index (χ2v) is 18.8. The Morgan fingerprint density at radius 2 is 1.43 bits per heavy atom. The fourth-order valence-corrected chi connectivity index (χ4v) is 9.20. The summed E-state index contributed by atoms with van der Waals surface area (Å²) in [6.07, 6.45) is 2.12. The van der Waals surface area contributed by atoms with Gasteiger partial charge >= 0.3 is 0 Å². The van der Waals surface area contributed by atoms with E-state index >= 15 is 0 Å². The van der Waals surface area contributed by atoms with Crippen LogP contribution in [0.1, 0.15) is 99.2 Å². The van der Waals surface area contributed by atoms with E-state index in [1.165, 1.54) is 31.3 Å². The fraction of sp³-hybridized carbons (Fsp3) is 0.700. The van der Waals surface area contributed by atoms with Gasteiger partial charge in [0.2, 0.25) is 29.5 Å². The molecule has 0 saturated carbocycles. The van der Waals surface area contributed by atoms with Gasteiger partial charge in [-0.2, -0.15) is 0 Å². The molecule has 3 rings (SSSR count). The molecule has 10 atom stereocenters. The molecule has 18 heteroatoms. The summed E-state index contributed by atoms with van der Waals surface area (Å²) in [5.41, 5.74) is 0.685. The van der Waals surface area contributed by atoms with Crippen LogP contribution in [0, 0.1) is 23.7 Å². The van der Waals surface area contributed by atoms with Crippen LogP contribution in [0.5, 0.6) is 0 Å². The number of likely N-dealkylation sites (N-methyl/N-ethyl adjacent to an activating group) is 2. The van der Waals surface area contributed by atoms with Gasteiger partial charge in [0.05, 0.1) is 88.2 Å². The summed E-state index contributed by atoms with van der Waals surface area (Å²) in [6.45, 7) is 16.0. The number of aliphatic hydroxyl groups is 1. The topological polar surface area (TPSA) is 214 Å². The normalized spacial score (nSPS) is 19.0. The third-order valence-electron chi connectivity index (χ3n) is 13.4. The molecule has 3 N–H and O–H groups in total. The number of rotatable bonds is 29. The number of likely N-dealkylation sites (tertiary alicyclic amines) is 1. The first-order chi connectivity index (χ1) is 32.2. The predicted molar refractivity (Wildman–Crippen MR) is 255 cm³/mol. The number of nitrogens with zero attached hydrogens (tertiary/aromatic N) is 4. The van der Waals surface area contributed by atoms with E-state index in [0.29, 0.717) is 31.4 Å². The lowest BCUT2D eigenvalue weighted by Gasteiger charge is -2.41. The maximum Gasteiger partial charge on any atom is 0.253 e. The van der Waals surface area contributed by atoms with E-state index in [1.807, 2.05) is 59.7 Å². The number of aliphatic hydroxyl groups excluding tert-OH is 1. The van der Waals surface area contributed by atoms with E-state index in [1.54, 1.807) is 49.9 Å². The number of methoxy groups -OCH3 is 2. The molecule has 0 aromatic heterocycles. The highest BCUT2D eigenvalue weighted by atomic mass is 16.5. The molecule has 0 aliphatic carbocycles. The molecule has 0 bridgehead atoms. The Labute approximate surface area is 403 Å². The SMILES string of the molecule is CC[C@H](C)[C@@H](C(CC(=O)N1CCC[C@H]1[C@H](OC)[C@@H](C)C(=O)N[C@H](C)[C@@H](O)c1ccccc1)OC)N(C)C(=O)[C@@H](NC(=O)[C@H](C(C)C)N(C)C(=O)CCOCCOCCN1C(=O)C=CC1=O)C(C)C. The van der Waals surface area contributed by atoms with Crippen LogP contribution < -0.4 is 10.6 Å². The van der Waals surface area contributed by atoms with Gasteiger partial charge in [0.1, 0.15) is 12.1 Å². The van der Waals surface area contributed by atoms with Crippen LogP contribution >= 0.6 is 0 Å². The van der Waals surface area contributed by atoms with Gasteiger partial charge in [0.15, 0.2) is 0 Å². The lowest BCUT2D eigenvalue weighted by molar-refractivity contribution is -0.148. The Balaban J connectivity index is 1.64. The van der Waals surface area contributed by atoms with Gasteiger partial charge in [-0.15, -0.1) is 0 Å². The third-order valence-corrected chi connectivity index (χ3v) is 13.4. The first kappa shape index (κ1) is 57.6. The second kappa shape index (κ2) is 28.0. The summed E-state index contributed by atoms with van der Waals surface area (Å²) in [5.74, 6) is -3.84. The molecule has 382 valence electrons. The summed E-state index contributed by atoms with van der Waals surface area (Å²) in [7, 11) is 6.27.